The minimum atomic E-state index is -0.481. The fourth-order valence-electron chi connectivity index (χ4n) is 6.28. The van der Waals surface area contributed by atoms with Gasteiger partial charge in [0.25, 0.3) is 0 Å². The molecule has 3 nitrogen and oxygen atoms in total. The van der Waals surface area contributed by atoms with Crippen molar-refractivity contribution in [2.45, 2.75) is 90.4 Å². The van der Waals surface area contributed by atoms with Crippen LogP contribution in [0.1, 0.15) is 90.4 Å². The predicted octanol–water partition coefficient (Wildman–Crippen LogP) is 5.56. The molecule has 3 heteroatoms. The Morgan fingerprint density at radius 1 is 0.846 bits per heavy atom. The molecule has 0 aromatic heterocycles. The summed E-state index contributed by atoms with van der Waals surface area (Å²) in [6.07, 6.45) is 16.3. The van der Waals surface area contributed by atoms with Gasteiger partial charge in [0.2, 0.25) is 0 Å². The van der Waals surface area contributed by atoms with Gasteiger partial charge in [-0.25, -0.2) is 0 Å². The van der Waals surface area contributed by atoms with Gasteiger partial charge < -0.3 is 4.74 Å². The Balaban J connectivity index is 1.42. The second-order valence-electron chi connectivity index (χ2n) is 9.33. The highest BCUT2D eigenvalue weighted by Gasteiger charge is 2.39. The van der Waals surface area contributed by atoms with Crippen molar-refractivity contribution in [3.8, 4) is 0 Å². The molecular formula is C23H38O3. The average Bonchev–Trinajstić information content (AvgIpc) is 2.68. The van der Waals surface area contributed by atoms with Gasteiger partial charge in [0.1, 0.15) is 11.7 Å². The molecule has 3 rings (SSSR count). The van der Waals surface area contributed by atoms with Crippen LogP contribution >= 0.6 is 0 Å². The van der Waals surface area contributed by atoms with E-state index in [9.17, 15) is 9.59 Å². The Morgan fingerprint density at radius 3 is 1.85 bits per heavy atom. The van der Waals surface area contributed by atoms with Crippen molar-refractivity contribution in [3.63, 3.8) is 0 Å². The summed E-state index contributed by atoms with van der Waals surface area (Å²) in [7, 11) is 1.39. The lowest BCUT2D eigenvalue weighted by atomic mass is 9.64. The minimum Gasteiger partial charge on any atom is -0.468 e. The third-order valence-corrected chi connectivity index (χ3v) is 7.90. The molecule has 0 aromatic rings. The molecule has 0 amide bonds. The Hall–Kier alpha value is -0.860. The molecule has 3 saturated carbocycles. The fourth-order valence-corrected chi connectivity index (χ4v) is 6.28. The number of carbonyl (C=O) groups excluding carboxylic acids is 2. The lowest BCUT2D eigenvalue weighted by Gasteiger charge is -2.41. The number of hydrogen-bond donors (Lipinski definition) is 0. The zero-order valence-electron chi connectivity index (χ0n) is 16.9. The van der Waals surface area contributed by atoms with Crippen LogP contribution in [-0.2, 0) is 14.3 Å². The van der Waals surface area contributed by atoms with Crippen molar-refractivity contribution in [2.24, 2.45) is 35.5 Å². The number of esters is 1. The number of rotatable bonds is 5. The van der Waals surface area contributed by atoms with Gasteiger partial charge in [0, 0.05) is 6.42 Å². The molecule has 3 aliphatic carbocycles. The molecule has 148 valence electrons. The highest BCUT2D eigenvalue weighted by atomic mass is 16.5. The van der Waals surface area contributed by atoms with Crippen LogP contribution in [0.25, 0.3) is 0 Å². The van der Waals surface area contributed by atoms with Crippen LogP contribution in [0.15, 0.2) is 0 Å². The number of methoxy groups -OCH3 is 1. The van der Waals surface area contributed by atoms with Crippen LogP contribution in [-0.4, -0.2) is 18.9 Å². The van der Waals surface area contributed by atoms with E-state index in [4.69, 9.17) is 4.74 Å². The van der Waals surface area contributed by atoms with E-state index in [0.29, 0.717) is 24.7 Å². The van der Waals surface area contributed by atoms with E-state index in [-0.39, 0.29) is 11.8 Å². The molecular weight excluding hydrogens is 324 g/mol. The molecule has 0 aliphatic heterocycles. The van der Waals surface area contributed by atoms with Crippen molar-refractivity contribution >= 4 is 11.8 Å². The van der Waals surface area contributed by atoms with Gasteiger partial charge in [0.15, 0.2) is 0 Å². The SMILES string of the molecule is CCCC1CCC(C2CCC(C3CCC(C(=O)OC)C(=O)C3)CC2)CC1. The number of Topliss-reactive ketones (excluding diaryl/α,β-unsaturated/α-hetero) is 1. The summed E-state index contributed by atoms with van der Waals surface area (Å²) < 4.78 is 4.79. The standard InChI is InChI=1S/C23H38O3/c1-3-4-16-5-7-17(8-6-16)18-9-11-19(12-10-18)20-13-14-21(22(24)15-20)23(25)26-2/h16-21H,3-15H2,1-2H3. The molecule has 2 atom stereocenters. The fraction of sp³-hybridized carbons (Fsp3) is 0.913. The van der Waals surface area contributed by atoms with Crippen molar-refractivity contribution in [1.82, 2.24) is 0 Å². The topological polar surface area (TPSA) is 43.4 Å². The van der Waals surface area contributed by atoms with Crippen molar-refractivity contribution in [2.75, 3.05) is 7.11 Å². The number of carbonyl (C=O) groups is 2. The van der Waals surface area contributed by atoms with Gasteiger partial charge in [-0.15, -0.1) is 0 Å². The molecule has 0 aromatic carbocycles. The first kappa shape index (κ1) is 19.9. The first-order valence-electron chi connectivity index (χ1n) is 11.2. The highest BCUT2D eigenvalue weighted by molar-refractivity contribution is 5.99. The van der Waals surface area contributed by atoms with E-state index in [2.05, 4.69) is 6.92 Å². The molecule has 0 N–H and O–H groups in total. The second kappa shape index (κ2) is 9.37. The number of hydrogen-bond acceptors (Lipinski definition) is 3. The van der Waals surface area contributed by atoms with E-state index < -0.39 is 5.92 Å². The number of ketones is 1. The zero-order valence-corrected chi connectivity index (χ0v) is 16.9. The van der Waals surface area contributed by atoms with E-state index >= 15 is 0 Å². The summed E-state index contributed by atoms with van der Waals surface area (Å²) in [4.78, 5) is 24.0. The second-order valence-corrected chi connectivity index (χ2v) is 9.33. The Morgan fingerprint density at radius 2 is 1.35 bits per heavy atom. The smallest absolute Gasteiger partial charge is 0.316 e. The normalized spacial score (nSPS) is 38.8. The van der Waals surface area contributed by atoms with E-state index in [1.807, 2.05) is 0 Å². The van der Waals surface area contributed by atoms with Crippen molar-refractivity contribution < 1.29 is 14.3 Å². The van der Waals surface area contributed by atoms with E-state index in [0.717, 1.165) is 24.2 Å². The molecule has 3 fully saturated rings. The first-order chi connectivity index (χ1) is 12.6. The van der Waals surface area contributed by atoms with Crippen LogP contribution in [0.2, 0.25) is 0 Å². The first-order valence-corrected chi connectivity index (χ1v) is 11.2. The largest absolute Gasteiger partial charge is 0.468 e. The Bertz CT molecular complexity index is 470. The third kappa shape index (κ3) is 4.70. The summed E-state index contributed by atoms with van der Waals surface area (Å²) in [5.74, 6) is 3.47. The predicted molar refractivity (Wildman–Crippen MR) is 104 cm³/mol. The lowest BCUT2D eigenvalue weighted by Crippen LogP contribution is -2.36. The number of ether oxygens (including phenoxy) is 1. The molecule has 2 unspecified atom stereocenters. The maximum absolute atomic E-state index is 12.3. The van der Waals surface area contributed by atoms with Crippen LogP contribution in [0.3, 0.4) is 0 Å². The lowest BCUT2D eigenvalue weighted by molar-refractivity contribution is -0.151. The van der Waals surface area contributed by atoms with Crippen LogP contribution in [0.5, 0.6) is 0 Å². The average molecular weight is 363 g/mol. The summed E-state index contributed by atoms with van der Waals surface area (Å²) in [6.45, 7) is 2.32. The van der Waals surface area contributed by atoms with E-state index in [1.54, 1.807) is 0 Å². The monoisotopic (exact) mass is 362 g/mol. The van der Waals surface area contributed by atoms with Gasteiger partial charge in [-0.05, 0) is 81.0 Å². The minimum absolute atomic E-state index is 0.129. The summed E-state index contributed by atoms with van der Waals surface area (Å²) in [5.41, 5.74) is 0. The molecule has 0 saturated heterocycles. The highest BCUT2D eigenvalue weighted by Crippen LogP contribution is 2.45. The summed E-state index contributed by atoms with van der Waals surface area (Å²) in [5, 5.41) is 0. The molecule has 0 spiro atoms. The zero-order chi connectivity index (χ0) is 18.5. The quantitative estimate of drug-likeness (QED) is 0.475. The third-order valence-electron chi connectivity index (χ3n) is 7.90. The van der Waals surface area contributed by atoms with Crippen molar-refractivity contribution in [3.05, 3.63) is 0 Å². The van der Waals surface area contributed by atoms with Gasteiger partial charge in [-0.1, -0.05) is 32.6 Å². The maximum atomic E-state index is 12.3. The molecule has 3 aliphatic rings. The molecule has 26 heavy (non-hydrogen) atoms. The van der Waals surface area contributed by atoms with E-state index in [1.165, 1.54) is 71.3 Å². The van der Waals surface area contributed by atoms with Gasteiger partial charge >= 0.3 is 5.97 Å². The molecule has 0 bridgehead atoms. The van der Waals surface area contributed by atoms with Crippen molar-refractivity contribution in [1.29, 1.82) is 0 Å². The van der Waals surface area contributed by atoms with Crippen LogP contribution < -0.4 is 0 Å². The Labute approximate surface area is 159 Å². The molecule has 0 heterocycles. The van der Waals surface area contributed by atoms with Crippen LogP contribution in [0.4, 0.5) is 0 Å². The summed E-state index contributed by atoms with van der Waals surface area (Å²) in [6, 6.07) is 0. The maximum Gasteiger partial charge on any atom is 0.316 e. The van der Waals surface area contributed by atoms with Gasteiger partial charge in [-0.2, -0.15) is 0 Å². The van der Waals surface area contributed by atoms with Gasteiger partial charge in [0.05, 0.1) is 7.11 Å². The van der Waals surface area contributed by atoms with Crippen LogP contribution in [0, 0.1) is 35.5 Å². The van der Waals surface area contributed by atoms with Gasteiger partial charge in [-0.3, -0.25) is 9.59 Å². The Kier molecular flexibility index (Phi) is 7.17. The summed E-state index contributed by atoms with van der Waals surface area (Å²) >= 11 is 0. The molecule has 0 radical (unpaired) electrons.